The summed E-state index contributed by atoms with van der Waals surface area (Å²) < 4.78 is 19.3. The molecule has 0 fully saturated rings. The summed E-state index contributed by atoms with van der Waals surface area (Å²) in [5, 5.41) is 7.41. The summed E-state index contributed by atoms with van der Waals surface area (Å²) in [4.78, 5) is 0. The zero-order valence-corrected chi connectivity index (χ0v) is 10.8. The number of ether oxygens (including phenoxy) is 1. The number of benzene rings is 2. The Morgan fingerprint density at radius 2 is 1.89 bits per heavy atom. The van der Waals surface area contributed by atoms with Crippen molar-refractivity contribution in [2.75, 3.05) is 0 Å². The van der Waals surface area contributed by atoms with Gasteiger partial charge in [-0.05, 0) is 49.2 Å². The van der Waals surface area contributed by atoms with Gasteiger partial charge in [0, 0.05) is 5.56 Å². The Morgan fingerprint density at radius 3 is 2.53 bits per heavy atom. The summed E-state index contributed by atoms with van der Waals surface area (Å²) in [7, 11) is 0. The summed E-state index contributed by atoms with van der Waals surface area (Å²) in [6, 6.07) is 10.1. The van der Waals surface area contributed by atoms with E-state index in [1.54, 1.807) is 43.3 Å². The van der Waals surface area contributed by atoms with E-state index in [0.29, 0.717) is 16.9 Å². The minimum absolute atomic E-state index is 0.00536. The maximum Gasteiger partial charge on any atom is 0.168 e. The molecule has 0 aliphatic heterocycles. The predicted molar refractivity (Wildman–Crippen MR) is 73.4 cm³/mol. The zero-order chi connectivity index (χ0) is 14.0. The van der Waals surface area contributed by atoms with Crippen molar-refractivity contribution in [3.63, 3.8) is 0 Å². The molecule has 0 aliphatic carbocycles. The quantitative estimate of drug-likeness (QED) is 0.653. The molecular weight excluding hydrogens is 243 g/mol. The fourth-order valence-corrected chi connectivity index (χ4v) is 1.83. The number of hydrogen-bond acceptors (Lipinski definition) is 2. The largest absolute Gasteiger partial charge is 0.454 e. The summed E-state index contributed by atoms with van der Waals surface area (Å²) >= 11 is 0. The van der Waals surface area contributed by atoms with Crippen LogP contribution in [0.15, 0.2) is 36.4 Å². The zero-order valence-electron chi connectivity index (χ0n) is 10.8. The fourth-order valence-electron chi connectivity index (χ4n) is 1.83. The van der Waals surface area contributed by atoms with Crippen molar-refractivity contribution in [2.24, 2.45) is 5.73 Å². The molecule has 2 aromatic rings. The molecule has 0 atom stereocenters. The molecule has 0 bridgehead atoms. The lowest BCUT2D eigenvalue weighted by Gasteiger charge is -2.10. The Balaban J connectivity index is 2.32. The molecule has 0 saturated heterocycles. The lowest BCUT2D eigenvalue weighted by molar-refractivity contribution is 0.440. The van der Waals surface area contributed by atoms with Crippen LogP contribution in [0.3, 0.4) is 0 Å². The maximum absolute atomic E-state index is 13.8. The third-order valence-corrected chi connectivity index (χ3v) is 2.87. The highest BCUT2D eigenvalue weighted by molar-refractivity contribution is 5.96. The van der Waals surface area contributed by atoms with Crippen molar-refractivity contribution in [1.82, 2.24) is 0 Å². The molecule has 0 radical (unpaired) electrons. The van der Waals surface area contributed by atoms with Gasteiger partial charge in [-0.1, -0.05) is 12.1 Å². The second kappa shape index (κ2) is 5.10. The van der Waals surface area contributed by atoms with Crippen LogP contribution in [0, 0.1) is 25.1 Å². The van der Waals surface area contributed by atoms with E-state index in [-0.39, 0.29) is 17.4 Å². The third-order valence-electron chi connectivity index (χ3n) is 2.87. The standard InChI is InChI=1S/C15H15FN2O/c1-9-4-3-5-13(14(9)16)19-11-6-7-12(15(17)18)10(2)8-11/h3-8H,1-2H3,(H3,17,18). The Labute approximate surface area is 111 Å². The minimum atomic E-state index is -0.365. The van der Waals surface area contributed by atoms with Gasteiger partial charge < -0.3 is 10.5 Å². The van der Waals surface area contributed by atoms with E-state index >= 15 is 0 Å². The molecule has 19 heavy (non-hydrogen) atoms. The van der Waals surface area contributed by atoms with Crippen LogP contribution in [0.2, 0.25) is 0 Å². The number of nitrogen functional groups attached to an aromatic ring is 1. The van der Waals surface area contributed by atoms with Crippen LogP contribution in [0.5, 0.6) is 11.5 Å². The van der Waals surface area contributed by atoms with E-state index in [9.17, 15) is 4.39 Å². The number of aryl methyl sites for hydroxylation is 2. The summed E-state index contributed by atoms with van der Waals surface area (Å²) in [6.07, 6.45) is 0. The molecule has 0 saturated carbocycles. The first-order valence-electron chi connectivity index (χ1n) is 5.87. The molecule has 2 aromatic carbocycles. The van der Waals surface area contributed by atoms with Gasteiger partial charge in [0.05, 0.1) is 0 Å². The number of rotatable bonds is 3. The van der Waals surface area contributed by atoms with Crippen molar-refractivity contribution in [2.45, 2.75) is 13.8 Å². The molecular formula is C15H15FN2O. The summed E-state index contributed by atoms with van der Waals surface area (Å²) in [5.74, 6) is 0.351. The van der Waals surface area contributed by atoms with E-state index in [0.717, 1.165) is 5.56 Å². The van der Waals surface area contributed by atoms with Crippen molar-refractivity contribution in [3.05, 3.63) is 58.9 Å². The SMILES string of the molecule is Cc1cc(Oc2cccc(C)c2F)ccc1C(=N)N. The minimum Gasteiger partial charge on any atom is -0.454 e. The number of amidine groups is 1. The van der Waals surface area contributed by atoms with Gasteiger partial charge in [0.2, 0.25) is 0 Å². The molecule has 0 amide bonds. The van der Waals surface area contributed by atoms with Gasteiger partial charge in [0.1, 0.15) is 11.6 Å². The van der Waals surface area contributed by atoms with Gasteiger partial charge in [-0.3, -0.25) is 5.41 Å². The van der Waals surface area contributed by atoms with Crippen LogP contribution in [-0.2, 0) is 0 Å². The van der Waals surface area contributed by atoms with Crippen LogP contribution >= 0.6 is 0 Å². The highest BCUT2D eigenvalue weighted by Gasteiger charge is 2.08. The van der Waals surface area contributed by atoms with Crippen LogP contribution < -0.4 is 10.5 Å². The Morgan fingerprint density at radius 1 is 1.16 bits per heavy atom. The number of nitrogens with two attached hydrogens (primary N) is 1. The predicted octanol–water partition coefficient (Wildman–Crippen LogP) is 3.52. The van der Waals surface area contributed by atoms with Gasteiger partial charge in [-0.25, -0.2) is 4.39 Å². The van der Waals surface area contributed by atoms with Crippen molar-refractivity contribution in [1.29, 1.82) is 5.41 Å². The average molecular weight is 258 g/mol. The molecule has 0 aliphatic rings. The number of halogens is 1. The highest BCUT2D eigenvalue weighted by Crippen LogP contribution is 2.27. The molecule has 2 rings (SSSR count). The number of nitrogens with one attached hydrogen (secondary N) is 1. The number of hydrogen-bond donors (Lipinski definition) is 2. The second-order valence-electron chi connectivity index (χ2n) is 4.38. The molecule has 3 N–H and O–H groups in total. The lowest BCUT2D eigenvalue weighted by atomic mass is 10.1. The average Bonchev–Trinajstić information content (AvgIpc) is 2.34. The third kappa shape index (κ3) is 2.73. The normalized spacial score (nSPS) is 10.3. The lowest BCUT2D eigenvalue weighted by Crippen LogP contribution is -2.12. The monoisotopic (exact) mass is 258 g/mol. The van der Waals surface area contributed by atoms with Gasteiger partial charge in [0.25, 0.3) is 0 Å². The second-order valence-corrected chi connectivity index (χ2v) is 4.38. The maximum atomic E-state index is 13.8. The van der Waals surface area contributed by atoms with Gasteiger partial charge in [-0.2, -0.15) is 0 Å². The molecule has 4 heteroatoms. The first-order valence-corrected chi connectivity index (χ1v) is 5.87. The van der Waals surface area contributed by atoms with Gasteiger partial charge >= 0.3 is 0 Å². The Kier molecular flexibility index (Phi) is 3.51. The topological polar surface area (TPSA) is 59.1 Å². The Hall–Kier alpha value is -2.36. The molecule has 0 aromatic heterocycles. The van der Waals surface area contributed by atoms with E-state index in [1.165, 1.54) is 0 Å². The summed E-state index contributed by atoms with van der Waals surface area (Å²) in [5.41, 5.74) is 7.45. The fraction of sp³-hybridized carbons (Fsp3) is 0.133. The smallest absolute Gasteiger partial charge is 0.168 e. The van der Waals surface area contributed by atoms with Gasteiger partial charge in [0.15, 0.2) is 11.6 Å². The van der Waals surface area contributed by atoms with E-state index in [2.05, 4.69) is 0 Å². The Bertz CT molecular complexity index is 638. The van der Waals surface area contributed by atoms with Crippen LogP contribution in [0.4, 0.5) is 4.39 Å². The summed E-state index contributed by atoms with van der Waals surface area (Å²) in [6.45, 7) is 3.52. The molecule has 0 spiro atoms. The molecule has 0 unspecified atom stereocenters. The first-order chi connectivity index (χ1) is 8.99. The van der Waals surface area contributed by atoms with E-state index in [1.807, 2.05) is 6.92 Å². The van der Waals surface area contributed by atoms with Crippen molar-refractivity contribution in [3.8, 4) is 11.5 Å². The van der Waals surface area contributed by atoms with Gasteiger partial charge in [-0.15, -0.1) is 0 Å². The van der Waals surface area contributed by atoms with Crippen LogP contribution in [0.1, 0.15) is 16.7 Å². The van der Waals surface area contributed by atoms with E-state index < -0.39 is 0 Å². The van der Waals surface area contributed by atoms with Crippen LogP contribution in [-0.4, -0.2) is 5.84 Å². The highest BCUT2D eigenvalue weighted by atomic mass is 19.1. The van der Waals surface area contributed by atoms with E-state index in [4.69, 9.17) is 15.9 Å². The molecule has 98 valence electrons. The molecule has 3 nitrogen and oxygen atoms in total. The molecule has 0 heterocycles. The van der Waals surface area contributed by atoms with Crippen molar-refractivity contribution < 1.29 is 9.13 Å². The first kappa shape index (κ1) is 13.1. The van der Waals surface area contributed by atoms with Crippen LogP contribution in [0.25, 0.3) is 0 Å². The van der Waals surface area contributed by atoms with Crippen molar-refractivity contribution >= 4 is 5.84 Å².